The number of halogens is 1. The second kappa shape index (κ2) is 9.26. The highest BCUT2D eigenvalue weighted by molar-refractivity contribution is 8.00. The molecule has 2 aromatic carbocycles. The second-order valence-corrected chi connectivity index (χ2v) is 8.35. The summed E-state index contributed by atoms with van der Waals surface area (Å²) in [6.07, 6.45) is 4.35. The molecule has 0 spiro atoms. The van der Waals surface area contributed by atoms with Gasteiger partial charge in [0.1, 0.15) is 17.8 Å². The summed E-state index contributed by atoms with van der Waals surface area (Å²) >= 11 is 1.06. The average molecular weight is 472 g/mol. The molecule has 0 bridgehead atoms. The highest BCUT2D eigenvalue weighted by Gasteiger charge is 2.26. The van der Waals surface area contributed by atoms with Crippen molar-refractivity contribution >= 4 is 29.2 Å². The lowest BCUT2D eigenvalue weighted by Gasteiger charge is -2.26. The fourth-order valence-electron chi connectivity index (χ4n) is 3.43. The van der Waals surface area contributed by atoms with E-state index in [1.54, 1.807) is 0 Å². The van der Waals surface area contributed by atoms with Crippen molar-refractivity contribution in [2.24, 2.45) is 0 Å². The zero-order valence-electron chi connectivity index (χ0n) is 17.5. The third kappa shape index (κ3) is 5.19. The summed E-state index contributed by atoms with van der Waals surface area (Å²) in [5.41, 5.74) is 2.59. The first-order valence-corrected chi connectivity index (χ1v) is 10.8. The number of methoxy groups -OCH3 is 1. The third-order valence-corrected chi connectivity index (χ3v) is 5.96. The first-order valence-electron chi connectivity index (χ1n) is 9.99. The van der Waals surface area contributed by atoms with Gasteiger partial charge in [0.2, 0.25) is 5.89 Å². The van der Waals surface area contributed by atoms with Crippen molar-refractivity contribution in [2.45, 2.75) is 30.1 Å². The van der Waals surface area contributed by atoms with Crippen LogP contribution in [0.2, 0.25) is 0 Å². The normalized spacial score (nSPS) is 15.1. The van der Waals surface area contributed by atoms with Crippen molar-refractivity contribution in [1.29, 1.82) is 0 Å². The number of rotatable bonds is 7. The van der Waals surface area contributed by atoms with Crippen molar-refractivity contribution in [3.63, 3.8) is 0 Å². The van der Waals surface area contributed by atoms with E-state index in [0.29, 0.717) is 23.8 Å². The monoisotopic (exact) mass is 472 g/mol. The van der Waals surface area contributed by atoms with E-state index in [4.69, 9.17) is 14.3 Å². The minimum Gasteiger partial charge on any atom is -0.495 e. The molecule has 1 aliphatic rings. The van der Waals surface area contributed by atoms with Gasteiger partial charge in [-0.2, -0.15) is 0 Å². The van der Waals surface area contributed by atoms with Crippen LogP contribution in [0, 0.1) is 5.82 Å². The number of oxazole rings is 1. The summed E-state index contributed by atoms with van der Waals surface area (Å²) in [7, 11) is 1.36. The Hall–Kier alpha value is -3.34. The number of aliphatic hydroxyl groups is 2. The minimum absolute atomic E-state index is 0.178. The van der Waals surface area contributed by atoms with Crippen molar-refractivity contribution < 1.29 is 33.7 Å². The zero-order valence-corrected chi connectivity index (χ0v) is 18.4. The molecule has 0 saturated heterocycles. The van der Waals surface area contributed by atoms with Gasteiger partial charge in [-0.3, -0.25) is 0 Å². The number of carbonyl (C=O) groups is 1. The summed E-state index contributed by atoms with van der Waals surface area (Å²) in [6, 6.07) is 9.75. The number of hydrogen-bond donors (Lipinski definition) is 4. The van der Waals surface area contributed by atoms with Crippen LogP contribution >= 0.6 is 11.9 Å². The predicted octanol–water partition coefficient (Wildman–Crippen LogP) is 4.55. The average Bonchev–Trinajstić information content (AvgIpc) is 3.27. The number of carboxylic acids is 1. The fourth-order valence-corrected chi connectivity index (χ4v) is 4.03. The Morgan fingerprint density at radius 2 is 1.97 bits per heavy atom. The molecule has 1 aromatic heterocycles. The largest absolute Gasteiger partial charge is 0.495 e. The molecule has 0 unspecified atom stereocenters. The standard InChI is InChI=1S/C23H21FN2O6S/c1-31-19-10-16(22(27)28)17(24)11-18(19)26-33-20-12-32-21(25-20)15-4-2-13(3-5-15)14-6-8-23(29,30)9-7-14/h2-6,10-12,26,29-30H,7-9H2,1H3,(H,27,28). The first kappa shape index (κ1) is 22.8. The van der Waals surface area contributed by atoms with Crippen LogP contribution in [0.25, 0.3) is 17.0 Å². The molecule has 0 amide bonds. The van der Waals surface area contributed by atoms with Gasteiger partial charge in [-0.25, -0.2) is 14.2 Å². The van der Waals surface area contributed by atoms with Crippen LogP contribution < -0.4 is 9.46 Å². The molecule has 4 N–H and O–H groups in total. The Morgan fingerprint density at radius 3 is 2.61 bits per heavy atom. The van der Waals surface area contributed by atoms with Crippen molar-refractivity contribution in [1.82, 2.24) is 4.98 Å². The smallest absolute Gasteiger partial charge is 0.338 e. The number of aromatic carboxylic acids is 1. The maximum absolute atomic E-state index is 14.0. The van der Waals surface area contributed by atoms with Gasteiger partial charge in [0, 0.05) is 36.4 Å². The SMILES string of the molecule is COc1cc(C(=O)O)c(F)cc1NSc1coc(-c2ccc(C3=CCC(O)(O)CC3)cc2)n1. The van der Waals surface area contributed by atoms with Crippen LogP contribution in [-0.4, -0.2) is 39.2 Å². The Morgan fingerprint density at radius 1 is 1.24 bits per heavy atom. The Kier molecular flexibility index (Phi) is 6.41. The number of anilines is 1. The van der Waals surface area contributed by atoms with E-state index < -0.39 is 23.1 Å². The number of nitrogens with one attached hydrogen (secondary N) is 1. The van der Waals surface area contributed by atoms with E-state index in [-0.39, 0.29) is 17.9 Å². The number of carboxylic acid groups (broad SMARTS) is 1. The molecular formula is C23H21FN2O6S. The maximum Gasteiger partial charge on any atom is 0.338 e. The molecule has 33 heavy (non-hydrogen) atoms. The van der Waals surface area contributed by atoms with Crippen LogP contribution in [0.3, 0.4) is 0 Å². The molecule has 0 fully saturated rings. The number of allylic oxidation sites excluding steroid dienone is 1. The molecule has 3 aromatic rings. The molecule has 10 heteroatoms. The molecule has 172 valence electrons. The van der Waals surface area contributed by atoms with E-state index in [1.165, 1.54) is 13.4 Å². The Balaban J connectivity index is 1.44. The van der Waals surface area contributed by atoms with Crippen LogP contribution in [0.15, 0.2) is 58.2 Å². The number of aromatic nitrogens is 1. The summed E-state index contributed by atoms with van der Waals surface area (Å²) in [5.74, 6) is -3.32. The van der Waals surface area contributed by atoms with E-state index in [2.05, 4.69) is 9.71 Å². The molecular weight excluding hydrogens is 451 g/mol. The first-order chi connectivity index (χ1) is 15.8. The highest BCUT2D eigenvalue weighted by atomic mass is 32.2. The van der Waals surface area contributed by atoms with E-state index >= 15 is 0 Å². The summed E-state index contributed by atoms with van der Waals surface area (Å²) < 4.78 is 27.6. The van der Waals surface area contributed by atoms with Crippen molar-refractivity contribution in [2.75, 3.05) is 11.8 Å². The second-order valence-electron chi connectivity index (χ2n) is 7.53. The Labute approximate surface area is 192 Å². The fraction of sp³-hybridized carbons (Fsp3) is 0.217. The number of ether oxygens (including phenoxy) is 1. The zero-order chi connectivity index (χ0) is 23.6. The molecule has 0 saturated carbocycles. The van der Waals surface area contributed by atoms with E-state index in [1.807, 2.05) is 30.3 Å². The van der Waals surface area contributed by atoms with Gasteiger partial charge in [-0.05, 0) is 35.8 Å². The number of benzene rings is 2. The van der Waals surface area contributed by atoms with Gasteiger partial charge in [0.25, 0.3) is 0 Å². The third-order valence-electron chi connectivity index (χ3n) is 5.24. The molecule has 0 radical (unpaired) electrons. The van der Waals surface area contributed by atoms with Gasteiger partial charge in [0.15, 0.2) is 10.8 Å². The lowest BCUT2D eigenvalue weighted by Crippen LogP contribution is -2.29. The van der Waals surface area contributed by atoms with E-state index in [0.717, 1.165) is 40.8 Å². The predicted molar refractivity (Wildman–Crippen MR) is 120 cm³/mol. The quantitative estimate of drug-likeness (QED) is 0.289. The summed E-state index contributed by atoms with van der Waals surface area (Å²) in [6.45, 7) is 0. The Bertz CT molecular complexity index is 1210. The molecule has 0 aliphatic heterocycles. The molecule has 8 nitrogen and oxygen atoms in total. The van der Waals surface area contributed by atoms with Crippen molar-refractivity contribution in [3.05, 3.63) is 65.7 Å². The highest BCUT2D eigenvalue weighted by Crippen LogP contribution is 2.34. The topological polar surface area (TPSA) is 125 Å². The maximum atomic E-state index is 14.0. The molecule has 4 rings (SSSR count). The summed E-state index contributed by atoms with van der Waals surface area (Å²) in [5, 5.41) is 28.8. The van der Waals surface area contributed by atoms with Gasteiger partial charge in [-0.1, -0.05) is 18.2 Å². The van der Waals surface area contributed by atoms with Crippen LogP contribution in [0.5, 0.6) is 5.75 Å². The van der Waals surface area contributed by atoms with Gasteiger partial charge in [0.05, 0.1) is 18.4 Å². The van der Waals surface area contributed by atoms with Crippen LogP contribution in [0.1, 0.15) is 35.2 Å². The van der Waals surface area contributed by atoms with Crippen LogP contribution in [0.4, 0.5) is 10.1 Å². The van der Waals surface area contributed by atoms with Crippen molar-refractivity contribution in [3.8, 4) is 17.2 Å². The lowest BCUT2D eigenvalue weighted by molar-refractivity contribution is -0.163. The number of nitrogens with zero attached hydrogens (tertiary/aromatic N) is 1. The van der Waals surface area contributed by atoms with Crippen LogP contribution in [-0.2, 0) is 0 Å². The molecule has 1 aliphatic carbocycles. The van der Waals surface area contributed by atoms with Gasteiger partial charge in [-0.15, -0.1) is 0 Å². The number of hydrogen-bond acceptors (Lipinski definition) is 8. The summed E-state index contributed by atoms with van der Waals surface area (Å²) in [4.78, 5) is 15.5. The molecule has 1 heterocycles. The minimum atomic E-state index is -1.63. The van der Waals surface area contributed by atoms with E-state index in [9.17, 15) is 19.4 Å². The van der Waals surface area contributed by atoms with Gasteiger partial charge < -0.3 is 29.2 Å². The van der Waals surface area contributed by atoms with Gasteiger partial charge >= 0.3 is 5.97 Å². The molecule has 0 atom stereocenters. The lowest BCUT2D eigenvalue weighted by atomic mass is 9.90.